The van der Waals surface area contributed by atoms with Crippen LogP contribution < -0.4 is 15.0 Å². The number of piperazine rings is 1. The van der Waals surface area contributed by atoms with Gasteiger partial charge in [-0.3, -0.25) is 0 Å². The Kier molecular flexibility index (Phi) is 4.13. The predicted octanol–water partition coefficient (Wildman–Crippen LogP) is 1.55. The van der Waals surface area contributed by atoms with Gasteiger partial charge in [0.05, 0.1) is 7.11 Å². The first-order chi connectivity index (χ1) is 9.85. The minimum absolute atomic E-state index is 0.770. The van der Waals surface area contributed by atoms with Crippen molar-refractivity contribution in [1.29, 1.82) is 0 Å². The normalized spacial score (nSPS) is 15.3. The van der Waals surface area contributed by atoms with E-state index in [0.717, 1.165) is 49.3 Å². The summed E-state index contributed by atoms with van der Waals surface area (Å²) >= 11 is 1.50. The third-order valence-electron chi connectivity index (χ3n) is 3.37. The molecule has 20 heavy (non-hydrogen) atoms. The molecule has 0 saturated carbocycles. The maximum Gasteiger partial charge on any atom is 0.205 e. The SMILES string of the molecule is COc1ccc(Cc2nsc(N3CCNCC3)n2)cc1. The Morgan fingerprint density at radius 1 is 1.25 bits per heavy atom. The van der Waals surface area contributed by atoms with Crippen molar-refractivity contribution in [2.75, 3.05) is 38.2 Å². The smallest absolute Gasteiger partial charge is 0.205 e. The van der Waals surface area contributed by atoms with E-state index in [1.807, 2.05) is 12.1 Å². The minimum atomic E-state index is 0.770. The van der Waals surface area contributed by atoms with Crippen molar-refractivity contribution >= 4 is 16.7 Å². The summed E-state index contributed by atoms with van der Waals surface area (Å²) in [6, 6.07) is 8.06. The van der Waals surface area contributed by atoms with Crippen LogP contribution in [0.2, 0.25) is 0 Å². The molecule has 2 aromatic rings. The molecule has 0 radical (unpaired) electrons. The number of hydrogen-bond donors (Lipinski definition) is 1. The van der Waals surface area contributed by atoms with E-state index in [4.69, 9.17) is 4.74 Å². The van der Waals surface area contributed by atoms with Crippen molar-refractivity contribution in [2.45, 2.75) is 6.42 Å². The fourth-order valence-corrected chi connectivity index (χ4v) is 2.96. The van der Waals surface area contributed by atoms with Crippen LogP contribution in [0, 0.1) is 0 Å². The average Bonchev–Trinajstić information content (AvgIpc) is 2.97. The molecule has 1 fully saturated rings. The third kappa shape index (κ3) is 3.08. The van der Waals surface area contributed by atoms with E-state index in [1.54, 1.807) is 7.11 Å². The van der Waals surface area contributed by atoms with Crippen molar-refractivity contribution in [2.24, 2.45) is 0 Å². The highest BCUT2D eigenvalue weighted by Gasteiger charge is 2.15. The second kappa shape index (κ2) is 6.19. The number of methoxy groups -OCH3 is 1. The topological polar surface area (TPSA) is 50.3 Å². The van der Waals surface area contributed by atoms with Gasteiger partial charge in [-0.1, -0.05) is 12.1 Å². The van der Waals surface area contributed by atoms with Crippen molar-refractivity contribution < 1.29 is 4.74 Å². The van der Waals surface area contributed by atoms with Crippen LogP contribution >= 0.6 is 11.5 Å². The largest absolute Gasteiger partial charge is 0.497 e. The van der Waals surface area contributed by atoms with Crippen LogP contribution in [0.15, 0.2) is 24.3 Å². The van der Waals surface area contributed by atoms with Crippen LogP contribution in [0.3, 0.4) is 0 Å². The van der Waals surface area contributed by atoms with Gasteiger partial charge < -0.3 is 15.0 Å². The van der Waals surface area contributed by atoms with Crippen LogP contribution in [0.4, 0.5) is 5.13 Å². The van der Waals surface area contributed by atoms with Gasteiger partial charge in [-0.15, -0.1) is 0 Å². The summed E-state index contributed by atoms with van der Waals surface area (Å²) in [7, 11) is 1.68. The lowest BCUT2D eigenvalue weighted by atomic mass is 10.1. The number of anilines is 1. The molecule has 0 spiro atoms. The van der Waals surface area contributed by atoms with Gasteiger partial charge in [0, 0.05) is 44.1 Å². The number of nitrogens with zero attached hydrogens (tertiary/aromatic N) is 3. The van der Waals surface area contributed by atoms with E-state index in [0.29, 0.717) is 0 Å². The summed E-state index contributed by atoms with van der Waals surface area (Å²) in [5.41, 5.74) is 1.20. The van der Waals surface area contributed by atoms with Crippen LogP contribution in [-0.4, -0.2) is 42.6 Å². The Hall–Kier alpha value is -1.66. The number of benzene rings is 1. The van der Waals surface area contributed by atoms with Gasteiger partial charge in [0.15, 0.2) is 0 Å². The predicted molar refractivity (Wildman–Crippen MR) is 80.8 cm³/mol. The van der Waals surface area contributed by atoms with Gasteiger partial charge in [-0.25, -0.2) is 4.98 Å². The lowest BCUT2D eigenvalue weighted by Gasteiger charge is -2.26. The molecule has 1 N–H and O–H groups in total. The summed E-state index contributed by atoms with van der Waals surface area (Å²) in [6.45, 7) is 4.06. The first-order valence-corrected chi connectivity index (χ1v) is 7.53. The highest BCUT2D eigenvalue weighted by Crippen LogP contribution is 2.20. The molecule has 1 aliphatic rings. The fourth-order valence-electron chi connectivity index (χ4n) is 2.23. The summed E-state index contributed by atoms with van der Waals surface area (Å²) in [6.07, 6.45) is 0.770. The highest BCUT2D eigenvalue weighted by molar-refractivity contribution is 7.09. The van der Waals surface area contributed by atoms with Crippen molar-refractivity contribution in [3.63, 3.8) is 0 Å². The van der Waals surface area contributed by atoms with E-state index in [9.17, 15) is 0 Å². The monoisotopic (exact) mass is 290 g/mol. The molecular weight excluding hydrogens is 272 g/mol. The van der Waals surface area contributed by atoms with E-state index in [2.05, 4.69) is 31.7 Å². The number of ether oxygens (including phenoxy) is 1. The van der Waals surface area contributed by atoms with Crippen molar-refractivity contribution in [3.8, 4) is 5.75 Å². The third-order valence-corrected chi connectivity index (χ3v) is 4.18. The van der Waals surface area contributed by atoms with E-state index in [-0.39, 0.29) is 0 Å². The summed E-state index contributed by atoms with van der Waals surface area (Å²) in [5.74, 6) is 1.77. The molecule has 6 heteroatoms. The van der Waals surface area contributed by atoms with Gasteiger partial charge >= 0.3 is 0 Å². The molecule has 2 heterocycles. The van der Waals surface area contributed by atoms with Crippen molar-refractivity contribution in [1.82, 2.24) is 14.7 Å². The lowest BCUT2D eigenvalue weighted by Crippen LogP contribution is -2.43. The quantitative estimate of drug-likeness (QED) is 0.926. The Morgan fingerprint density at radius 2 is 2.00 bits per heavy atom. The second-order valence-electron chi connectivity index (χ2n) is 4.76. The molecule has 0 aliphatic carbocycles. The summed E-state index contributed by atoms with van der Waals surface area (Å²) < 4.78 is 9.63. The molecule has 1 saturated heterocycles. The maximum atomic E-state index is 5.16. The Morgan fingerprint density at radius 3 is 2.70 bits per heavy atom. The highest BCUT2D eigenvalue weighted by atomic mass is 32.1. The van der Waals surface area contributed by atoms with Gasteiger partial charge in [-0.2, -0.15) is 4.37 Å². The number of aromatic nitrogens is 2. The molecule has 0 bridgehead atoms. The van der Waals surface area contributed by atoms with E-state index in [1.165, 1.54) is 17.1 Å². The fraction of sp³-hybridized carbons (Fsp3) is 0.429. The number of hydrogen-bond acceptors (Lipinski definition) is 6. The van der Waals surface area contributed by atoms with Crippen LogP contribution in [0.5, 0.6) is 5.75 Å². The Bertz CT molecular complexity index is 549. The van der Waals surface area contributed by atoms with E-state index < -0.39 is 0 Å². The molecule has 1 aromatic heterocycles. The van der Waals surface area contributed by atoms with Gasteiger partial charge in [0.25, 0.3) is 0 Å². The minimum Gasteiger partial charge on any atom is -0.497 e. The maximum absolute atomic E-state index is 5.16. The molecule has 106 valence electrons. The second-order valence-corrected chi connectivity index (χ2v) is 5.49. The van der Waals surface area contributed by atoms with Crippen molar-refractivity contribution in [3.05, 3.63) is 35.7 Å². The standard InChI is InChI=1S/C14H18N4OS/c1-19-12-4-2-11(3-5-12)10-13-16-14(20-17-13)18-8-6-15-7-9-18/h2-5,15H,6-10H2,1H3. The number of rotatable bonds is 4. The Balaban J connectivity index is 1.66. The lowest BCUT2D eigenvalue weighted by molar-refractivity contribution is 0.414. The molecule has 5 nitrogen and oxygen atoms in total. The first-order valence-electron chi connectivity index (χ1n) is 6.76. The molecule has 3 rings (SSSR count). The zero-order valence-electron chi connectivity index (χ0n) is 11.5. The Labute approximate surface area is 122 Å². The van der Waals surface area contributed by atoms with Gasteiger partial charge in [0.2, 0.25) is 5.13 Å². The first kappa shape index (κ1) is 13.3. The molecule has 0 unspecified atom stereocenters. The van der Waals surface area contributed by atoms with Gasteiger partial charge in [-0.05, 0) is 17.7 Å². The van der Waals surface area contributed by atoms with Crippen LogP contribution in [-0.2, 0) is 6.42 Å². The molecule has 1 aliphatic heterocycles. The molecule has 0 atom stereocenters. The van der Waals surface area contributed by atoms with Gasteiger partial charge in [0.1, 0.15) is 11.6 Å². The zero-order chi connectivity index (χ0) is 13.8. The zero-order valence-corrected chi connectivity index (χ0v) is 12.3. The van der Waals surface area contributed by atoms with E-state index >= 15 is 0 Å². The molecule has 1 aromatic carbocycles. The average molecular weight is 290 g/mol. The summed E-state index contributed by atoms with van der Waals surface area (Å²) in [5, 5.41) is 4.38. The molecule has 0 amide bonds. The van der Waals surface area contributed by atoms with Crippen LogP contribution in [0.25, 0.3) is 0 Å². The van der Waals surface area contributed by atoms with Crippen LogP contribution in [0.1, 0.15) is 11.4 Å². The number of nitrogens with one attached hydrogen (secondary N) is 1. The summed E-state index contributed by atoms with van der Waals surface area (Å²) in [4.78, 5) is 6.94. The molecular formula is C14H18N4OS.